The molecule has 0 amide bonds. The minimum atomic E-state index is 0.415. The lowest BCUT2D eigenvalue weighted by atomic mass is 10.1. The van der Waals surface area contributed by atoms with Crippen molar-refractivity contribution in [3.63, 3.8) is 0 Å². The Morgan fingerprint density at radius 2 is 1.57 bits per heavy atom. The molecule has 0 aromatic heterocycles. The molecule has 0 fully saturated rings. The molecule has 0 spiro atoms. The molecule has 21 heavy (non-hydrogen) atoms. The molecule has 0 bridgehead atoms. The van der Waals surface area contributed by atoms with Crippen LogP contribution in [0.1, 0.15) is 25.0 Å². The highest BCUT2D eigenvalue weighted by molar-refractivity contribution is 5.52. The van der Waals surface area contributed by atoms with Crippen LogP contribution in [-0.4, -0.2) is 10.9 Å². The summed E-state index contributed by atoms with van der Waals surface area (Å²) in [7, 11) is 0. The first kappa shape index (κ1) is 15.1. The second-order valence-electron chi connectivity index (χ2n) is 5.44. The Bertz CT molecular complexity index is 582. The third-order valence-electron chi connectivity index (χ3n) is 3.46. The normalized spacial score (nSPS) is 11.0. The zero-order valence-electron chi connectivity index (χ0n) is 12.9. The van der Waals surface area contributed by atoms with E-state index < -0.39 is 0 Å². The number of allylic oxidation sites excluding steroid dienone is 1. The fraction of sp³-hybridized carbons (Fsp3) is 0.200. The molecule has 108 valence electrons. The van der Waals surface area contributed by atoms with Gasteiger partial charge >= 0.3 is 0 Å². The van der Waals surface area contributed by atoms with Gasteiger partial charge in [-0.05, 0) is 31.1 Å². The van der Waals surface area contributed by atoms with E-state index in [4.69, 9.17) is 0 Å². The van der Waals surface area contributed by atoms with Crippen LogP contribution in [0.15, 0.2) is 79.0 Å². The maximum atomic E-state index is 4.23. The molecule has 0 aliphatic rings. The molecule has 0 aliphatic carbocycles. The Balaban J connectivity index is 2.08. The van der Waals surface area contributed by atoms with Crippen LogP contribution in [0.3, 0.4) is 0 Å². The molecular weight excluding hydrogens is 254 g/mol. The largest absolute Gasteiger partial charge is 0.365 e. The van der Waals surface area contributed by atoms with Gasteiger partial charge in [0.25, 0.3) is 0 Å². The van der Waals surface area contributed by atoms with Crippen LogP contribution in [-0.2, 0) is 6.54 Å². The van der Waals surface area contributed by atoms with Crippen molar-refractivity contribution in [2.24, 2.45) is 0 Å². The van der Waals surface area contributed by atoms with E-state index in [-0.39, 0.29) is 0 Å². The zero-order chi connectivity index (χ0) is 15.1. The van der Waals surface area contributed by atoms with E-state index in [9.17, 15) is 0 Å². The molecule has 0 aliphatic heterocycles. The van der Waals surface area contributed by atoms with Gasteiger partial charge in [-0.3, -0.25) is 0 Å². The minimum absolute atomic E-state index is 0.415. The fourth-order valence-corrected chi connectivity index (χ4v) is 2.25. The van der Waals surface area contributed by atoms with Crippen LogP contribution in [0.5, 0.6) is 0 Å². The van der Waals surface area contributed by atoms with Gasteiger partial charge < -0.3 is 4.90 Å². The molecule has 0 atom stereocenters. The summed E-state index contributed by atoms with van der Waals surface area (Å²) in [5.74, 6) is 0. The van der Waals surface area contributed by atoms with E-state index >= 15 is 0 Å². The van der Waals surface area contributed by atoms with Crippen molar-refractivity contribution in [2.45, 2.75) is 26.4 Å². The van der Waals surface area contributed by atoms with Gasteiger partial charge in [0.05, 0.1) is 0 Å². The van der Waals surface area contributed by atoms with Crippen LogP contribution in [0.2, 0.25) is 0 Å². The van der Waals surface area contributed by atoms with Crippen LogP contribution >= 0.6 is 0 Å². The Labute approximate surface area is 128 Å². The number of benzene rings is 2. The summed E-state index contributed by atoms with van der Waals surface area (Å²) >= 11 is 0. The van der Waals surface area contributed by atoms with Crippen LogP contribution in [0, 0.1) is 0 Å². The Morgan fingerprint density at radius 1 is 1.00 bits per heavy atom. The predicted octanol–water partition coefficient (Wildman–Crippen LogP) is 5.12. The molecular formula is C20H23N. The van der Waals surface area contributed by atoms with Crippen molar-refractivity contribution in [1.82, 2.24) is 4.90 Å². The van der Waals surface area contributed by atoms with Gasteiger partial charge in [-0.25, -0.2) is 0 Å². The van der Waals surface area contributed by atoms with Gasteiger partial charge in [0.2, 0.25) is 0 Å². The van der Waals surface area contributed by atoms with Gasteiger partial charge in [0, 0.05) is 18.3 Å². The third kappa shape index (κ3) is 4.64. The number of hydrogen-bond donors (Lipinski definition) is 0. The van der Waals surface area contributed by atoms with E-state index in [0.29, 0.717) is 6.04 Å². The molecule has 2 aromatic rings. The van der Waals surface area contributed by atoms with E-state index in [1.54, 1.807) is 0 Å². The van der Waals surface area contributed by atoms with Gasteiger partial charge in [-0.1, -0.05) is 73.3 Å². The molecule has 0 heterocycles. The number of hydrogen-bond acceptors (Lipinski definition) is 1. The maximum absolute atomic E-state index is 4.23. The summed E-state index contributed by atoms with van der Waals surface area (Å²) in [6, 6.07) is 21.3. The van der Waals surface area contributed by atoms with Gasteiger partial charge in [-0.2, -0.15) is 0 Å². The molecule has 0 saturated carbocycles. The van der Waals surface area contributed by atoms with Crippen LogP contribution in [0.4, 0.5) is 0 Å². The summed E-state index contributed by atoms with van der Waals surface area (Å²) in [5, 5.41) is 0. The van der Waals surface area contributed by atoms with E-state index in [0.717, 1.165) is 12.2 Å². The van der Waals surface area contributed by atoms with Gasteiger partial charge in [0.1, 0.15) is 0 Å². The Kier molecular flexibility index (Phi) is 5.39. The first-order valence-corrected chi connectivity index (χ1v) is 7.39. The average molecular weight is 277 g/mol. The first-order valence-electron chi connectivity index (χ1n) is 7.39. The smallest absolute Gasteiger partial charge is 0.0432 e. The van der Waals surface area contributed by atoms with Crippen molar-refractivity contribution in [1.29, 1.82) is 0 Å². The summed E-state index contributed by atoms with van der Waals surface area (Å²) in [5.41, 5.74) is 3.54. The highest BCUT2D eigenvalue weighted by atomic mass is 15.2. The quantitative estimate of drug-likeness (QED) is 0.662. The van der Waals surface area contributed by atoms with Crippen molar-refractivity contribution in [2.75, 3.05) is 0 Å². The lowest BCUT2D eigenvalue weighted by Crippen LogP contribution is -2.28. The van der Waals surface area contributed by atoms with Crippen molar-refractivity contribution < 1.29 is 0 Å². The zero-order valence-corrected chi connectivity index (χ0v) is 12.9. The number of rotatable bonds is 6. The van der Waals surface area contributed by atoms with Crippen LogP contribution < -0.4 is 0 Å². The average Bonchev–Trinajstić information content (AvgIpc) is 2.52. The van der Waals surface area contributed by atoms with E-state index in [1.807, 2.05) is 24.3 Å². The highest BCUT2D eigenvalue weighted by Crippen LogP contribution is 2.16. The topological polar surface area (TPSA) is 3.24 Å². The summed E-state index contributed by atoms with van der Waals surface area (Å²) in [6.07, 6.45) is 4.21. The first-order chi connectivity index (χ1) is 10.2. The highest BCUT2D eigenvalue weighted by Gasteiger charge is 2.10. The molecule has 1 nitrogen and oxygen atoms in total. The summed E-state index contributed by atoms with van der Waals surface area (Å²) in [4.78, 5) is 2.31. The monoisotopic (exact) mass is 277 g/mol. The van der Waals surface area contributed by atoms with Crippen LogP contribution in [0.25, 0.3) is 6.08 Å². The molecule has 0 unspecified atom stereocenters. The predicted molar refractivity (Wildman–Crippen MR) is 91.7 cm³/mol. The Hall–Kier alpha value is -2.28. The lowest BCUT2D eigenvalue weighted by molar-refractivity contribution is 0.286. The van der Waals surface area contributed by atoms with Crippen molar-refractivity contribution >= 4 is 6.08 Å². The fourth-order valence-electron chi connectivity index (χ4n) is 2.25. The minimum Gasteiger partial charge on any atom is -0.365 e. The summed E-state index contributed by atoms with van der Waals surface area (Å²) in [6.45, 7) is 9.51. The van der Waals surface area contributed by atoms with Gasteiger partial charge in [0.15, 0.2) is 0 Å². The summed E-state index contributed by atoms with van der Waals surface area (Å²) < 4.78 is 0. The standard InChI is InChI=1S/C20H23N/c1-17(2)21(16-20-12-8-5-9-13-20)18(3)14-15-19-10-6-4-7-11-19/h4-15,17H,3,16H2,1-2H3/b15-14+. The second-order valence-corrected chi connectivity index (χ2v) is 5.44. The second kappa shape index (κ2) is 7.49. The molecule has 2 rings (SSSR count). The number of nitrogens with zero attached hydrogens (tertiary/aromatic N) is 1. The SMILES string of the molecule is C=C(/C=C/c1ccccc1)N(Cc1ccccc1)C(C)C. The Morgan fingerprint density at radius 3 is 2.14 bits per heavy atom. The lowest BCUT2D eigenvalue weighted by Gasteiger charge is -2.29. The molecule has 1 heteroatoms. The van der Waals surface area contributed by atoms with Crippen molar-refractivity contribution in [3.05, 3.63) is 90.1 Å². The van der Waals surface area contributed by atoms with E-state index in [1.165, 1.54) is 11.1 Å². The molecule has 0 radical (unpaired) electrons. The maximum Gasteiger partial charge on any atom is 0.0432 e. The molecule has 0 saturated heterocycles. The molecule has 2 aromatic carbocycles. The van der Waals surface area contributed by atoms with Crippen molar-refractivity contribution in [3.8, 4) is 0 Å². The third-order valence-corrected chi connectivity index (χ3v) is 3.46. The van der Waals surface area contributed by atoms with Gasteiger partial charge in [-0.15, -0.1) is 0 Å². The van der Waals surface area contributed by atoms with E-state index in [2.05, 4.69) is 73.9 Å². The molecule has 0 N–H and O–H groups in total.